The van der Waals surface area contributed by atoms with Gasteiger partial charge in [-0.15, -0.1) is 0 Å². The summed E-state index contributed by atoms with van der Waals surface area (Å²) in [4.78, 5) is 20.8. The summed E-state index contributed by atoms with van der Waals surface area (Å²) in [6.45, 7) is 0. The number of carbonyl (C=O) groups excluding carboxylic acids is 2. The lowest BCUT2D eigenvalue weighted by atomic mass is 9.82. The maximum Gasteiger partial charge on any atom is 0.288 e. The van der Waals surface area contributed by atoms with Crippen molar-refractivity contribution < 1.29 is 9.59 Å². The van der Waals surface area contributed by atoms with Crippen molar-refractivity contribution in [3.05, 3.63) is 0 Å². The summed E-state index contributed by atoms with van der Waals surface area (Å²) in [6, 6.07) is 0. The van der Waals surface area contributed by atoms with E-state index in [4.69, 9.17) is 11.6 Å². The molecule has 0 aromatic carbocycles. The third kappa shape index (κ3) is 1.30. The molecule has 0 radical (unpaired) electrons. The van der Waals surface area contributed by atoms with E-state index in [1.165, 1.54) is 0 Å². The van der Waals surface area contributed by atoms with Crippen molar-refractivity contribution in [2.24, 2.45) is 5.92 Å². The normalized spacial score (nSPS) is 18.8. The molecule has 50 valence electrons. The minimum absolute atomic E-state index is 0.0463. The number of ketones is 1. The average molecular weight is 147 g/mol. The Morgan fingerprint density at radius 2 is 1.89 bits per heavy atom. The Balaban J connectivity index is 2.42. The molecular formula is C6H7ClO2. The van der Waals surface area contributed by atoms with E-state index in [1.54, 1.807) is 0 Å². The molecule has 1 saturated carbocycles. The standard InChI is InChI=1S/C6H7ClO2/c7-6(9)5(8)4-2-1-3-4/h4H,1-3H2. The third-order valence-electron chi connectivity index (χ3n) is 1.67. The maximum absolute atomic E-state index is 10.6. The zero-order chi connectivity index (χ0) is 6.85. The fourth-order valence-corrected chi connectivity index (χ4v) is 0.985. The summed E-state index contributed by atoms with van der Waals surface area (Å²) in [5.74, 6) is -0.446. The summed E-state index contributed by atoms with van der Waals surface area (Å²) in [5, 5.41) is -0.806. The molecule has 0 atom stereocenters. The lowest BCUT2D eigenvalue weighted by Crippen LogP contribution is -2.25. The van der Waals surface area contributed by atoms with Crippen LogP contribution in [0.15, 0.2) is 0 Å². The van der Waals surface area contributed by atoms with E-state index in [0.29, 0.717) is 0 Å². The highest BCUT2D eigenvalue weighted by Crippen LogP contribution is 2.27. The minimum atomic E-state index is -0.806. The van der Waals surface area contributed by atoms with Crippen molar-refractivity contribution >= 4 is 22.6 Å². The molecule has 0 N–H and O–H groups in total. The van der Waals surface area contributed by atoms with Crippen LogP contribution < -0.4 is 0 Å². The molecule has 3 heteroatoms. The zero-order valence-electron chi connectivity index (χ0n) is 4.89. The summed E-state index contributed by atoms with van der Waals surface area (Å²) in [5.41, 5.74) is 0. The molecule has 0 amide bonds. The van der Waals surface area contributed by atoms with E-state index in [2.05, 4.69) is 0 Å². The van der Waals surface area contributed by atoms with E-state index in [0.717, 1.165) is 19.3 Å². The highest BCUT2D eigenvalue weighted by Gasteiger charge is 2.28. The Labute approximate surface area is 58.2 Å². The van der Waals surface area contributed by atoms with Gasteiger partial charge in [0.15, 0.2) is 0 Å². The maximum atomic E-state index is 10.6. The molecule has 0 aliphatic heterocycles. The van der Waals surface area contributed by atoms with Gasteiger partial charge in [-0.3, -0.25) is 9.59 Å². The molecule has 9 heavy (non-hydrogen) atoms. The van der Waals surface area contributed by atoms with Gasteiger partial charge < -0.3 is 0 Å². The molecule has 0 heterocycles. The quantitative estimate of drug-likeness (QED) is 0.432. The Hall–Kier alpha value is -0.370. The Morgan fingerprint density at radius 3 is 2.00 bits per heavy atom. The third-order valence-corrected chi connectivity index (χ3v) is 1.86. The topological polar surface area (TPSA) is 34.1 Å². The molecule has 0 unspecified atom stereocenters. The van der Waals surface area contributed by atoms with Crippen LogP contribution in [0.1, 0.15) is 19.3 Å². The van der Waals surface area contributed by atoms with E-state index in [9.17, 15) is 9.59 Å². The lowest BCUT2D eigenvalue weighted by Gasteiger charge is -2.21. The highest BCUT2D eigenvalue weighted by atomic mass is 35.5. The average Bonchev–Trinajstić information content (AvgIpc) is 1.60. The van der Waals surface area contributed by atoms with E-state index < -0.39 is 11.0 Å². The first-order valence-corrected chi connectivity index (χ1v) is 3.33. The van der Waals surface area contributed by atoms with Crippen LogP contribution in [0.2, 0.25) is 0 Å². The molecule has 1 fully saturated rings. The number of halogens is 1. The lowest BCUT2D eigenvalue weighted by molar-refractivity contribution is -0.136. The highest BCUT2D eigenvalue weighted by molar-refractivity contribution is 6.81. The molecule has 0 aromatic rings. The van der Waals surface area contributed by atoms with Gasteiger partial charge in [-0.25, -0.2) is 0 Å². The molecule has 0 bridgehead atoms. The predicted octanol–water partition coefficient (Wildman–Crippen LogP) is 1.12. The predicted molar refractivity (Wildman–Crippen MR) is 33.2 cm³/mol. The van der Waals surface area contributed by atoms with Crippen molar-refractivity contribution in [1.82, 2.24) is 0 Å². The summed E-state index contributed by atoms with van der Waals surface area (Å²) in [7, 11) is 0. The molecule has 0 aromatic heterocycles. The van der Waals surface area contributed by atoms with Gasteiger partial charge in [0.05, 0.1) is 0 Å². The number of rotatable bonds is 2. The van der Waals surface area contributed by atoms with Crippen LogP contribution in [-0.4, -0.2) is 11.0 Å². The van der Waals surface area contributed by atoms with Gasteiger partial charge in [0, 0.05) is 5.92 Å². The monoisotopic (exact) mass is 146 g/mol. The first kappa shape index (κ1) is 6.75. The Bertz CT molecular complexity index is 149. The van der Waals surface area contributed by atoms with Crippen molar-refractivity contribution in [3.63, 3.8) is 0 Å². The van der Waals surface area contributed by atoms with Crippen molar-refractivity contribution in [1.29, 1.82) is 0 Å². The number of hydrogen-bond acceptors (Lipinski definition) is 2. The van der Waals surface area contributed by atoms with Crippen LogP contribution in [0.25, 0.3) is 0 Å². The van der Waals surface area contributed by atoms with Gasteiger partial charge in [-0.1, -0.05) is 6.42 Å². The summed E-state index contributed by atoms with van der Waals surface area (Å²) >= 11 is 4.95. The molecule has 1 aliphatic rings. The van der Waals surface area contributed by atoms with E-state index in [1.807, 2.05) is 0 Å². The second kappa shape index (κ2) is 2.48. The number of hydrogen-bond donors (Lipinski definition) is 0. The van der Waals surface area contributed by atoms with Crippen LogP contribution >= 0.6 is 11.6 Å². The van der Waals surface area contributed by atoms with Gasteiger partial charge in [-0.2, -0.15) is 0 Å². The molecular weight excluding hydrogens is 140 g/mol. The molecule has 2 nitrogen and oxygen atoms in total. The van der Waals surface area contributed by atoms with Gasteiger partial charge in [0.1, 0.15) is 0 Å². The van der Waals surface area contributed by atoms with E-state index in [-0.39, 0.29) is 5.92 Å². The Kier molecular flexibility index (Phi) is 1.86. The largest absolute Gasteiger partial charge is 0.289 e. The smallest absolute Gasteiger partial charge is 0.288 e. The SMILES string of the molecule is O=C(Cl)C(=O)C1CCC1. The van der Waals surface area contributed by atoms with Crippen molar-refractivity contribution in [2.45, 2.75) is 19.3 Å². The van der Waals surface area contributed by atoms with Gasteiger partial charge in [0.25, 0.3) is 5.24 Å². The molecule has 1 aliphatic carbocycles. The number of carbonyl (C=O) groups is 2. The number of Topliss-reactive ketones (excluding diaryl/α,β-unsaturated/α-hetero) is 1. The van der Waals surface area contributed by atoms with Gasteiger partial charge in [-0.05, 0) is 24.4 Å². The van der Waals surface area contributed by atoms with Crippen molar-refractivity contribution in [2.75, 3.05) is 0 Å². The molecule has 1 rings (SSSR count). The zero-order valence-corrected chi connectivity index (χ0v) is 5.65. The van der Waals surface area contributed by atoms with Crippen molar-refractivity contribution in [3.8, 4) is 0 Å². The summed E-state index contributed by atoms with van der Waals surface area (Å²) in [6.07, 6.45) is 2.75. The van der Waals surface area contributed by atoms with E-state index >= 15 is 0 Å². The van der Waals surface area contributed by atoms with Gasteiger partial charge in [0.2, 0.25) is 5.78 Å². The second-order valence-electron chi connectivity index (χ2n) is 2.27. The van der Waals surface area contributed by atoms with Crippen LogP contribution in [-0.2, 0) is 9.59 Å². The van der Waals surface area contributed by atoms with Gasteiger partial charge >= 0.3 is 0 Å². The second-order valence-corrected chi connectivity index (χ2v) is 2.61. The van der Waals surface area contributed by atoms with Crippen LogP contribution in [0, 0.1) is 5.92 Å². The fourth-order valence-electron chi connectivity index (χ4n) is 0.831. The van der Waals surface area contributed by atoms with Crippen LogP contribution in [0.4, 0.5) is 0 Å². The summed E-state index contributed by atoms with van der Waals surface area (Å²) < 4.78 is 0. The molecule has 0 saturated heterocycles. The fraction of sp³-hybridized carbons (Fsp3) is 0.667. The Morgan fingerprint density at radius 1 is 1.33 bits per heavy atom. The molecule has 0 spiro atoms. The van der Waals surface area contributed by atoms with Crippen LogP contribution in [0.3, 0.4) is 0 Å². The first-order chi connectivity index (χ1) is 4.22. The minimum Gasteiger partial charge on any atom is -0.289 e. The van der Waals surface area contributed by atoms with Crippen LogP contribution in [0.5, 0.6) is 0 Å². The first-order valence-electron chi connectivity index (χ1n) is 2.95.